The molecular weight excluding hydrogens is 430 g/mol. The van der Waals surface area contributed by atoms with Gasteiger partial charge in [0, 0.05) is 19.1 Å². The largest absolute Gasteiger partial charge is 0.354 e. The molecule has 1 aromatic carbocycles. The highest BCUT2D eigenvalue weighted by Crippen LogP contribution is 2.32. The standard InChI is InChI=1S/C20H17Cl2FN6O/c1-2-16(30)26-11-7-8-29(9-11)15-6-5-14-19(28-15)20(25-10-24-14)27-13-4-3-12(21)17(22)18(13)23/h2-6,10-11H,1,7-9H2,(H,26,30)(H,24,25,27). The Morgan fingerprint density at radius 1 is 1.27 bits per heavy atom. The number of pyridine rings is 1. The van der Waals surface area contributed by atoms with E-state index in [0.29, 0.717) is 29.2 Å². The van der Waals surface area contributed by atoms with Crippen LogP contribution in [0.5, 0.6) is 0 Å². The van der Waals surface area contributed by atoms with Crippen LogP contribution in [0.25, 0.3) is 11.0 Å². The summed E-state index contributed by atoms with van der Waals surface area (Å²) in [5, 5.41) is 5.78. The van der Waals surface area contributed by atoms with Crippen molar-refractivity contribution in [2.75, 3.05) is 23.3 Å². The number of carbonyl (C=O) groups is 1. The second-order valence-corrected chi connectivity index (χ2v) is 7.54. The van der Waals surface area contributed by atoms with Gasteiger partial charge in [0.1, 0.15) is 17.7 Å². The number of hydrogen-bond donors (Lipinski definition) is 2. The molecule has 30 heavy (non-hydrogen) atoms. The number of anilines is 3. The lowest BCUT2D eigenvalue weighted by Crippen LogP contribution is -2.36. The van der Waals surface area contributed by atoms with Crippen molar-refractivity contribution in [2.45, 2.75) is 12.5 Å². The maximum atomic E-state index is 14.5. The monoisotopic (exact) mass is 446 g/mol. The van der Waals surface area contributed by atoms with Crippen molar-refractivity contribution in [3.05, 3.63) is 59.1 Å². The molecule has 0 spiro atoms. The highest BCUT2D eigenvalue weighted by molar-refractivity contribution is 6.42. The van der Waals surface area contributed by atoms with Gasteiger partial charge in [-0.15, -0.1) is 0 Å². The lowest BCUT2D eigenvalue weighted by molar-refractivity contribution is -0.117. The van der Waals surface area contributed by atoms with Gasteiger partial charge in [0.15, 0.2) is 11.6 Å². The first-order chi connectivity index (χ1) is 14.5. The van der Waals surface area contributed by atoms with Crippen LogP contribution >= 0.6 is 23.2 Å². The van der Waals surface area contributed by atoms with E-state index in [4.69, 9.17) is 23.2 Å². The van der Waals surface area contributed by atoms with Gasteiger partial charge in [-0.25, -0.2) is 19.3 Å². The Labute approximate surface area is 181 Å². The molecule has 0 aliphatic carbocycles. The summed E-state index contributed by atoms with van der Waals surface area (Å²) in [6.45, 7) is 4.83. The van der Waals surface area contributed by atoms with Crippen molar-refractivity contribution in [1.82, 2.24) is 20.3 Å². The second kappa shape index (κ2) is 8.41. The van der Waals surface area contributed by atoms with E-state index in [1.165, 1.54) is 24.5 Å². The van der Waals surface area contributed by atoms with Gasteiger partial charge in [-0.3, -0.25) is 4.79 Å². The predicted octanol–water partition coefficient (Wildman–Crippen LogP) is 4.10. The summed E-state index contributed by atoms with van der Waals surface area (Å²) in [6.07, 6.45) is 3.43. The molecule has 7 nitrogen and oxygen atoms in total. The third-order valence-electron chi connectivity index (χ3n) is 4.80. The van der Waals surface area contributed by atoms with E-state index in [1.807, 2.05) is 12.1 Å². The normalized spacial score (nSPS) is 16.0. The van der Waals surface area contributed by atoms with E-state index in [9.17, 15) is 9.18 Å². The molecule has 1 aliphatic rings. The van der Waals surface area contributed by atoms with Crippen molar-refractivity contribution in [3.63, 3.8) is 0 Å². The summed E-state index contributed by atoms with van der Waals surface area (Å²) >= 11 is 11.8. The highest BCUT2D eigenvalue weighted by Gasteiger charge is 2.25. The summed E-state index contributed by atoms with van der Waals surface area (Å²) in [5.41, 5.74) is 1.22. The Bertz CT molecular complexity index is 1140. The average molecular weight is 447 g/mol. The Balaban J connectivity index is 1.63. The zero-order valence-electron chi connectivity index (χ0n) is 15.7. The third kappa shape index (κ3) is 4.01. The molecular formula is C20H17Cl2FN6O. The molecule has 154 valence electrons. The van der Waals surface area contributed by atoms with Gasteiger partial charge < -0.3 is 15.5 Å². The molecule has 0 saturated carbocycles. The Morgan fingerprint density at radius 3 is 2.90 bits per heavy atom. The van der Waals surface area contributed by atoms with Gasteiger partial charge in [0.05, 0.1) is 21.2 Å². The van der Waals surface area contributed by atoms with Crippen molar-refractivity contribution in [1.29, 1.82) is 0 Å². The maximum Gasteiger partial charge on any atom is 0.243 e. The first-order valence-electron chi connectivity index (χ1n) is 9.16. The molecule has 1 atom stereocenters. The SMILES string of the molecule is C=CC(=O)NC1CCN(c2ccc3ncnc(Nc4ccc(Cl)c(Cl)c4F)c3n2)C1. The zero-order valence-corrected chi connectivity index (χ0v) is 17.2. The van der Waals surface area contributed by atoms with Crippen LogP contribution in [-0.4, -0.2) is 40.0 Å². The first-order valence-corrected chi connectivity index (χ1v) is 9.92. The molecule has 1 aliphatic heterocycles. The molecule has 2 N–H and O–H groups in total. The molecule has 1 fully saturated rings. The van der Waals surface area contributed by atoms with Crippen LogP contribution in [0.3, 0.4) is 0 Å². The van der Waals surface area contributed by atoms with E-state index in [0.717, 1.165) is 13.0 Å². The van der Waals surface area contributed by atoms with Gasteiger partial charge in [-0.05, 0) is 36.8 Å². The Hall–Kier alpha value is -2.97. The number of rotatable bonds is 5. The minimum absolute atomic E-state index is 0.0166. The zero-order chi connectivity index (χ0) is 21.3. The van der Waals surface area contributed by atoms with Gasteiger partial charge >= 0.3 is 0 Å². The topological polar surface area (TPSA) is 83.0 Å². The number of carbonyl (C=O) groups excluding carboxylic acids is 1. The summed E-state index contributed by atoms with van der Waals surface area (Å²) in [7, 11) is 0. The van der Waals surface area contributed by atoms with Crippen LogP contribution in [0.15, 0.2) is 43.2 Å². The fourth-order valence-electron chi connectivity index (χ4n) is 3.29. The molecule has 2 aromatic heterocycles. The highest BCUT2D eigenvalue weighted by atomic mass is 35.5. The summed E-state index contributed by atoms with van der Waals surface area (Å²) in [5.74, 6) is 0.185. The van der Waals surface area contributed by atoms with Crippen molar-refractivity contribution in [3.8, 4) is 0 Å². The number of nitrogens with one attached hydrogen (secondary N) is 2. The summed E-state index contributed by atoms with van der Waals surface area (Å²) < 4.78 is 14.5. The smallest absolute Gasteiger partial charge is 0.243 e. The van der Waals surface area contributed by atoms with E-state index < -0.39 is 5.82 Å². The third-order valence-corrected chi connectivity index (χ3v) is 5.58. The van der Waals surface area contributed by atoms with E-state index >= 15 is 0 Å². The molecule has 1 unspecified atom stereocenters. The Kier molecular flexibility index (Phi) is 5.69. The lowest BCUT2D eigenvalue weighted by atomic mass is 10.2. The number of hydrogen-bond acceptors (Lipinski definition) is 6. The fourth-order valence-corrected chi connectivity index (χ4v) is 3.60. The van der Waals surface area contributed by atoms with Crippen LogP contribution in [0, 0.1) is 5.82 Å². The molecule has 1 amide bonds. The minimum Gasteiger partial charge on any atom is -0.354 e. The van der Waals surface area contributed by atoms with E-state index in [1.54, 1.807) is 0 Å². The predicted molar refractivity (Wildman–Crippen MR) is 116 cm³/mol. The molecule has 4 rings (SSSR count). The van der Waals surface area contributed by atoms with Crippen LogP contribution in [-0.2, 0) is 4.79 Å². The first kappa shape index (κ1) is 20.3. The molecule has 3 heterocycles. The number of fused-ring (bicyclic) bond motifs is 1. The number of aromatic nitrogens is 3. The fraction of sp³-hybridized carbons (Fsp3) is 0.200. The van der Waals surface area contributed by atoms with Crippen LogP contribution in [0.2, 0.25) is 10.0 Å². The average Bonchev–Trinajstić information content (AvgIpc) is 3.22. The number of nitrogens with zero attached hydrogens (tertiary/aromatic N) is 4. The number of benzene rings is 1. The van der Waals surface area contributed by atoms with Crippen molar-refractivity contribution in [2.24, 2.45) is 0 Å². The number of halogens is 3. The van der Waals surface area contributed by atoms with Crippen molar-refractivity contribution >= 4 is 57.5 Å². The van der Waals surface area contributed by atoms with Gasteiger partial charge in [0.25, 0.3) is 0 Å². The Morgan fingerprint density at radius 2 is 2.10 bits per heavy atom. The van der Waals surface area contributed by atoms with E-state index in [2.05, 4.69) is 37.1 Å². The molecule has 1 saturated heterocycles. The van der Waals surface area contributed by atoms with Crippen molar-refractivity contribution < 1.29 is 9.18 Å². The molecule has 3 aromatic rings. The van der Waals surface area contributed by atoms with Gasteiger partial charge in [0.2, 0.25) is 5.91 Å². The molecule has 10 heteroatoms. The lowest BCUT2D eigenvalue weighted by Gasteiger charge is -2.18. The second-order valence-electron chi connectivity index (χ2n) is 6.75. The minimum atomic E-state index is -0.674. The van der Waals surface area contributed by atoms with Crippen LogP contribution < -0.4 is 15.5 Å². The molecule has 0 bridgehead atoms. The molecule has 0 radical (unpaired) electrons. The van der Waals surface area contributed by atoms with Crippen LogP contribution in [0.1, 0.15) is 6.42 Å². The van der Waals surface area contributed by atoms with Gasteiger partial charge in [-0.2, -0.15) is 0 Å². The maximum absolute atomic E-state index is 14.5. The van der Waals surface area contributed by atoms with Gasteiger partial charge in [-0.1, -0.05) is 29.8 Å². The van der Waals surface area contributed by atoms with E-state index in [-0.39, 0.29) is 27.7 Å². The summed E-state index contributed by atoms with van der Waals surface area (Å²) in [4.78, 5) is 26.7. The number of amides is 1. The van der Waals surface area contributed by atoms with Crippen LogP contribution in [0.4, 0.5) is 21.7 Å². The summed E-state index contributed by atoms with van der Waals surface area (Å²) in [6, 6.07) is 6.68. The quantitative estimate of drug-likeness (QED) is 0.453.